The molecule has 1 saturated carbocycles. The first-order valence-corrected chi connectivity index (χ1v) is 10.3. The number of hydrogen-bond acceptors (Lipinski definition) is 10. The zero-order valence-corrected chi connectivity index (χ0v) is 19.2. The second kappa shape index (κ2) is 12.7. The molecule has 0 aromatic carbocycles. The first kappa shape index (κ1) is 27.0. The highest BCUT2D eigenvalue weighted by Gasteiger charge is 2.38. The Bertz CT molecular complexity index is 751. The summed E-state index contributed by atoms with van der Waals surface area (Å²) in [6.07, 6.45) is 4.44. The lowest BCUT2D eigenvalue weighted by molar-refractivity contribution is -0.174. The normalized spacial score (nSPS) is 16.0. The average Bonchev–Trinajstić information content (AvgIpc) is 2.78. The van der Waals surface area contributed by atoms with Crippen molar-refractivity contribution >= 4 is 30.6 Å². The maximum Gasteiger partial charge on any atom is 0.264 e. The quantitative estimate of drug-likeness (QED) is 0.201. The Balaban J connectivity index is 0.00000118. The van der Waals surface area contributed by atoms with Crippen LogP contribution in [-0.4, -0.2) is 69.3 Å². The van der Waals surface area contributed by atoms with Gasteiger partial charge in [0, 0.05) is 20.5 Å². The van der Waals surface area contributed by atoms with Gasteiger partial charge in [-0.25, -0.2) is 10.5 Å². The molecule has 1 heterocycles. The zero-order chi connectivity index (χ0) is 24.3. The molecule has 0 radical (unpaired) electrons. The molecule has 3 amide bonds. The highest BCUT2D eigenvalue weighted by molar-refractivity contribution is 5.84. The van der Waals surface area contributed by atoms with Crippen molar-refractivity contribution in [2.45, 2.75) is 58.9 Å². The third-order valence-corrected chi connectivity index (χ3v) is 5.23. The Morgan fingerprint density at radius 3 is 2.28 bits per heavy atom. The Morgan fingerprint density at radius 1 is 1.22 bits per heavy atom. The fraction of sp³-hybridized carbons (Fsp3) is 0.684. The Morgan fingerprint density at radius 2 is 1.81 bits per heavy atom. The van der Waals surface area contributed by atoms with Crippen molar-refractivity contribution in [3.05, 3.63) is 5.82 Å². The van der Waals surface area contributed by atoms with Crippen molar-refractivity contribution in [2.24, 2.45) is 11.3 Å². The number of hydrogen-bond donors (Lipinski definition) is 5. The molecule has 5 N–H and O–H groups in total. The third kappa shape index (κ3) is 8.23. The lowest BCUT2D eigenvalue weighted by Gasteiger charge is -2.38. The summed E-state index contributed by atoms with van der Waals surface area (Å²) in [7, 11) is 3.62. The Kier molecular flexibility index (Phi) is 10.7. The Labute approximate surface area is 187 Å². The molecule has 0 spiro atoms. The number of nitrogens with one attached hydrogen (secondary N) is 3. The summed E-state index contributed by atoms with van der Waals surface area (Å²) in [6.45, 7) is 6.29. The van der Waals surface area contributed by atoms with E-state index in [0.29, 0.717) is 23.3 Å². The molecule has 13 heteroatoms. The second-order valence-electron chi connectivity index (χ2n) is 8.42. The Hall–Kier alpha value is -3.06. The van der Waals surface area contributed by atoms with Gasteiger partial charge in [0.05, 0.1) is 0 Å². The van der Waals surface area contributed by atoms with E-state index in [1.165, 1.54) is 5.48 Å². The molecule has 0 aliphatic heterocycles. The highest BCUT2D eigenvalue weighted by Crippen LogP contribution is 2.39. The van der Waals surface area contributed by atoms with E-state index in [1.807, 2.05) is 21.0 Å². The standard InChI is InChI=1S/C18H31N7O3.CH3NO2/c1-6-13-19-16(21-17(20-13)24(4)5)23-22-15(27)14(25(28)11-26)12-7-9-18(2,3)10-8-12;3-1-2-4/h11-12,14,28H,6-10H2,1-5H3,(H,22,27)(H,19,20,21,23);1,4H,(H,2,3). The lowest BCUT2D eigenvalue weighted by Crippen LogP contribution is -2.52. The molecular formula is C19H34N8O5. The molecule has 2 rings (SSSR count). The molecule has 32 heavy (non-hydrogen) atoms. The van der Waals surface area contributed by atoms with Crippen molar-refractivity contribution in [3.63, 3.8) is 0 Å². The summed E-state index contributed by atoms with van der Waals surface area (Å²) in [5.41, 5.74) is 6.68. The number of hydrazine groups is 1. The van der Waals surface area contributed by atoms with Crippen molar-refractivity contribution in [1.29, 1.82) is 0 Å². The van der Waals surface area contributed by atoms with Crippen LogP contribution in [0.4, 0.5) is 11.9 Å². The molecule has 1 aliphatic rings. The summed E-state index contributed by atoms with van der Waals surface area (Å²) >= 11 is 0. The summed E-state index contributed by atoms with van der Waals surface area (Å²) in [4.78, 5) is 47.2. The molecule has 0 saturated heterocycles. The lowest BCUT2D eigenvalue weighted by atomic mass is 9.71. The number of rotatable bonds is 9. The van der Waals surface area contributed by atoms with Crippen molar-refractivity contribution in [3.8, 4) is 0 Å². The van der Waals surface area contributed by atoms with Crippen molar-refractivity contribution in [1.82, 2.24) is 30.9 Å². The molecule has 1 fully saturated rings. The van der Waals surface area contributed by atoms with Gasteiger partial charge in [0.2, 0.25) is 24.7 Å². The van der Waals surface area contributed by atoms with E-state index >= 15 is 0 Å². The van der Waals surface area contributed by atoms with E-state index < -0.39 is 11.9 Å². The predicted octanol–water partition coefficient (Wildman–Crippen LogP) is 0.497. The van der Waals surface area contributed by atoms with E-state index in [2.05, 4.69) is 39.7 Å². The highest BCUT2D eigenvalue weighted by atomic mass is 16.5. The largest absolute Gasteiger partial charge is 0.347 e. The molecule has 13 nitrogen and oxygen atoms in total. The molecule has 1 unspecified atom stereocenters. The van der Waals surface area contributed by atoms with E-state index in [-0.39, 0.29) is 30.1 Å². The fourth-order valence-electron chi connectivity index (χ4n) is 3.37. The minimum atomic E-state index is -0.970. The first-order valence-electron chi connectivity index (χ1n) is 10.3. The van der Waals surface area contributed by atoms with Gasteiger partial charge < -0.3 is 4.90 Å². The van der Waals surface area contributed by atoms with Crippen LogP contribution in [0.5, 0.6) is 0 Å². The number of amides is 3. The minimum Gasteiger partial charge on any atom is -0.347 e. The number of aryl methyl sites for hydroxylation is 1. The summed E-state index contributed by atoms with van der Waals surface area (Å²) in [5.74, 6) is 0.614. The van der Waals surface area contributed by atoms with E-state index in [4.69, 9.17) is 10.0 Å². The maximum absolute atomic E-state index is 12.7. The fourth-order valence-corrected chi connectivity index (χ4v) is 3.37. The molecule has 1 aromatic rings. The van der Waals surface area contributed by atoms with Crippen LogP contribution in [0, 0.1) is 11.3 Å². The number of anilines is 2. The van der Waals surface area contributed by atoms with Gasteiger partial charge in [-0.1, -0.05) is 20.8 Å². The molecule has 0 bridgehead atoms. The molecule has 1 atom stereocenters. The van der Waals surface area contributed by atoms with Gasteiger partial charge in [0.15, 0.2) is 0 Å². The van der Waals surface area contributed by atoms with E-state index in [1.54, 1.807) is 4.90 Å². The SMILES string of the molecule is CCc1nc(NNC(=O)C(C2CCC(C)(C)CC2)N(O)C=O)nc(N(C)C)n1.O=CNO. The predicted molar refractivity (Wildman–Crippen MR) is 116 cm³/mol. The number of nitrogens with zero attached hydrogens (tertiary/aromatic N) is 5. The average molecular weight is 455 g/mol. The molecular weight excluding hydrogens is 420 g/mol. The van der Waals surface area contributed by atoms with Gasteiger partial charge in [-0.05, 0) is 37.0 Å². The van der Waals surface area contributed by atoms with Crippen LogP contribution in [-0.2, 0) is 20.8 Å². The summed E-state index contributed by atoms with van der Waals surface area (Å²) in [6, 6.07) is -0.970. The van der Waals surface area contributed by atoms with Crippen LogP contribution in [0.25, 0.3) is 0 Å². The van der Waals surface area contributed by atoms with Crippen molar-refractivity contribution < 1.29 is 24.8 Å². The van der Waals surface area contributed by atoms with E-state index in [0.717, 1.165) is 25.7 Å². The smallest absolute Gasteiger partial charge is 0.264 e. The zero-order valence-electron chi connectivity index (χ0n) is 19.2. The second-order valence-corrected chi connectivity index (χ2v) is 8.42. The van der Waals surface area contributed by atoms with Crippen LogP contribution < -0.4 is 21.2 Å². The summed E-state index contributed by atoms with van der Waals surface area (Å²) < 4.78 is 0. The topological polar surface area (TPSA) is 173 Å². The van der Waals surface area contributed by atoms with Crippen molar-refractivity contribution in [2.75, 3.05) is 24.4 Å². The van der Waals surface area contributed by atoms with Crippen LogP contribution >= 0.6 is 0 Å². The van der Waals surface area contributed by atoms with Gasteiger partial charge in [-0.2, -0.15) is 15.0 Å². The maximum atomic E-state index is 12.7. The monoisotopic (exact) mass is 454 g/mol. The van der Waals surface area contributed by atoms with Gasteiger partial charge >= 0.3 is 0 Å². The van der Waals surface area contributed by atoms with Gasteiger partial charge in [0.25, 0.3) is 5.91 Å². The number of carbonyl (C=O) groups excluding carboxylic acids is 3. The molecule has 1 aliphatic carbocycles. The van der Waals surface area contributed by atoms with Crippen LogP contribution in [0.2, 0.25) is 0 Å². The third-order valence-electron chi connectivity index (χ3n) is 5.23. The summed E-state index contributed by atoms with van der Waals surface area (Å²) in [5, 5.41) is 17.7. The number of aromatic nitrogens is 3. The number of hydroxylamine groups is 3. The van der Waals surface area contributed by atoms with E-state index in [9.17, 15) is 14.8 Å². The minimum absolute atomic E-state index is 0.119. The molecule has 1 aromatic heterocycles. The van der Waals surface area contributed by atoms with Gasteiger partial charge in [-0.15, -0.1) is 0 Å². The van der Waals surface area contributed by atoms with Gasteiger partial charge in [-0.3, -0.25) is 35.6 Å². The number of carbonyl (C=O) groups is 3. The molecule has 180 valence electrons. The first-order chi connectivity index (χ1) is 15.1. The van der Waals surface area contributed by atoms with Crippen LogP contribution in [0.3, 0.4) is 0 Å². The van der Waals surface area contributed by atoms with Crippen LogP contribution in [0.15, 0.2) is 0 Å². The van der Waals surface area contributed by atoms with Crippen LogP contribution in [0.1, 0.15) is 52.3 Å². The van der Waals surface area contributed by atoms with Gasteiger partial charge in [0.1, 0.15) is 11.9 Å².